The molecule has 2 aromatic rings. The van der Waals surface area contributed by atoms with Crippen molar-refractivity contribution in [3.8, 4) is 0 Å². The Labute approximate surface area is 160 Å². The molecule has 0 atom stereocenters. The zero-order chi connectivity index (χ0) is 18.9. The van der Waals surface area contributed by atoms with Crippen LogP contribution in [0.15, 0.2) is 60.9 Å². The Bertz CT molecular complexity index is 775. The van der Waals surface area contributed by atoms with E-state index in [9.17, 15) is 9.59 Å². The molecular formula is C23H25NO3. The molecule has 1 aliphatic rings. The number of carbonyl (C=O) groups is 2. The summed E-state index contributed by atoms with van der Waals surface area (Å²) in [5, 5.41) is 3.11. The molecule has 0 aromatic heterocycles. The van der Waals surface area contributed by atoms with Gasteiger partial charge in [0.05, 0.1) is 12.7 Å². The second-order valence-electron chi connectivity index (χ2n) is 6.89. The largest absolute Gasteiger partial charge is 0.434 e. The fourth-order valence-electron chi connectivity index (χ4n) is 3.25. The minimum Gasteiger partial charge on any atom is -0.434 e. The van der Waals surface area contributed by atoms with E-state index in [1.54, 1.807) is 18.2 Å². The molecule has 1 aliphatic carbocycles. The molecule has 1 N–H and O–H groups in total. The van der Waals surface area contributed by atoms with Gasteiger partial charge in [0.15, 0.2) is 0 Å². The van der Waals surface area contributed by atoms with Crippen LogP contribution >= 0.6 is 0 Å². The number of hydrogen-bond donors (Lipinski definition) is 1. The summed E-state index contributed by atoms with van der Waals surface area (Å²) in [7, 11) is 0. The van der Waals surface area contributed by atoms with Gasteiger partial charge in [-0.15, -0.1) is 0 Å². The number of carbonyl (C=O) groups excluding carboxylic acids is 2. The maximum Gasteiger partial charge on any atom is 0.315 e. The van der Waals surface area contributed by atoms with Gasteiger partial charge >= 0.3 is 5.97 Å². The molecule has 1 saturated carbocycles. The van der Waals surface area contributed by atoms with Crippen LogP contribution in [-0.2, 0) is 16.0 Å². The lowest BCUT2D eigenvalue weighted by Gasteiger charge is -2.22. The Morgan fingerprint density at radius 2 is 1.67 bits per heavy atom. The van der Waals surface area contributed by atoms with E-state index in [-0.39, 0.29) is 18.3 Å². The second-order valence-corrected chi connectivity index (χ2v) is 6.89. The highest BCUT2D eigenvalue weighted by Gasteiger charge is 2.16. The van der Waals surface area contributed by atoms with Crippen LogP contribution < -0.4 is 5.32 Å². The van der Waals surface area contributed by atoms with Gasteiger partial charge in [0.25, 0.3) is 5.91 Å². The number of ether oxygens (including phenoxy) is 1. The fraction of sp³-hybridized carbons (Fsp3) is 0.304. The quantitative estimate of drug-likeness (QED) is 0.607. The number of hydrogen-bond acceptors (Lipinski definition) is 3. The molecule has 0 unspecified atom stereocenters. The van der Waals surface area contributed by atoms with Crippen LogP contribution in [0.1, 0.15) is 53.6 Å². The lowest BCUT2D eigenvalue weighted by molar-refractivity contribution is -0.137. The molecule has 1 fully saturated rings. The molecule has 2 aromatic carbocycles. The van der Waals surface area contributed by atoms with Crippen molar-refractivity contribution in [2.45, 2.75) is 44.6 Å². The van der Waals surface area contributed by atoms with E-state index < -0.39 is 0 Å². The predicted molar refractivity (Wildman–Crippen MR) is 106 cm³/mol. The molecular weight excluding hydrogens is 338 g/mol. The van der Waals surface area contributed by atoms with E-state index >= 15 is 0 Å². The Hall–Kier alpha value is -2.88. The van der Waals surface area contributed by atoms with Crippen molar-refractivity contribution in [3.63, 3.8) is 0 Å². The number of benzene rings is 2. The first-order chi connectivity index (χ1) is 13.2. The third-order valence-corrected chi connectivity index (χ3v) is 4.76. The summed E-state index contributed by atoms with van der Waals surface area (Å²) in [5.74, 6) is -0.326. The van der Waals surface area contributed by atoms with Crippen molar-refractivity contribution in [1.82, 2.24) is 5.32 Å². The molecule has 4 nitrogen and oxygen atoms in total. The van der Waals surface area contributed by atoms with Gasteiger partial charge in [-0.2, -0.15) is 0 Å². The van der Waals surface area contributed by atoms with Gasteiger partial charge in [-0.1, -0.05) is 61.7 Å². The van der Waals surface area contributed by atoms with Crippen LogP contribution in [0.25, 0.3) is 6.08 Å². The number of nitrogens with one attached hydrogen (secondary N) is 1. The van der Waals surface area contributed by atoms with Gasteiger partial charge < -0.3 is 10.1 Å². The van der Waals surface area contributed by atoms with E-state index in [1.165, 1.54) is 25.5 Å². The van der Waals surface area contributed by atoms with Crippen molar-refractivity contribution in [2.75, 3.05) is 0 Å². The van der Waals surface area contributed by atoms with Crippen LogP contribution in [0.5, 0.6) is 0 Å². The van der Waals surface area contributed by atoms with Crippen molar-refractivity contribution in [2.24, 2.45) is 0 Å². The zero-order valence-electron chi connectivity index (χ0n) is 15.4. The summed E-state index contributed by atoms with van der Waals surface area (Å²) in [6, 6.07) is 17.1. The summed E-state index contributed by atoms with van der Waals surface area (Å²) in [6.07, 6.45) is 9.14. The first-order valence-corrected chi connectivity index (χ1v) is 9.51. The normalized spacial score (nSPS) is 14.8. The molecule has 27 heavy (non-hydrogen) atoms. The van der Waals surface area contributed by atoms with Crippen molar-refractivity contribution < 1.29 is 14.3 Å². The third-order valence-electron chi connectivity index (χ3n) is 4.76. The van der Waals surface area contributed by atoms with Gasteiger partial charge in [-0.25, -0.2) is 0 Å². The average Bonchev–Trinajstić information content (AvgIpc) is 2.70. The van der Waals surface area contributed by atoms with Gasteiger partial charge in [-0.3, -0.25) is 9.59 Å². The molecule has 0 aliphatic heterocycles. The second kappa shape index (κ2) is 9.72. The minimum absolute atomic E-state index is 0.0216. The molecule has 0 heterocycles. The zero-order valence-corrected chi connectivity index (χ0v) is 15.4. The lowest BCUT2D eigenvalue weighted by atomic mass is 9.95. The smallest absolute Gasteiger partial charge is 0.315 e. The molecule has 0 bridgehead atoms. The first kappa shape index (κ1) is 18.9. The molecule has 1 amide bonds. The highest BCUT2D eigenvalue weighted by Crippen LogP contribution is 2.18. The number of amides is 1. The summed E-state index contributed by atoms with van der Waals surface area (Å²) in [6.45, 7) is 0. The van der Waals surface area contributed by atoms with Crippen LogP contribution in [-0.4, -0.2) is 17.9 Å². The van der Waals surface area contributed by atoms with Crippen LogP contribution in [0, 0.1) is 0 Å². The average molecular weight is 363 g/mol. The molecule has 0 radical (unpaired) electrons. The van der Waals surface area contributed by atoms with E-state index in [2.05, 4.69) is 5.32 Å². The van der Waals surface area contributed by atoms with Crippen LogP contribution in [0.2, 0.25) is 0 Å². The molecule has 0 saturated heterocycles. The molecule has 4 heteroatoms. The van der Waals surface area contributed by atoms with Gasteiger partial charge in [0, 0.05) is 11.6 Å². The maximum atomic E-state index is 12.3. The fourth-order valence-corrected chi connectivity index (χ4v) is 3.25. The van der Waals surface area contributed by atoms with Gasteiger partial charge in [0.2, 0.25) is 0 Å². The maximum absolute atomic E-state index is 12.3. The van der Waals surface area contributed by atoms with Gasteiger partial charge in [-0.05, 0) is 42.2 Å². The Balaban J connectivity index is 1.47. The van der Waals surface area contributed by atoms with Crippen molar-refractivity contribution in [3.05, 3.63) is 77.5 Å². The summed E-state index contributed by atoms with van der Waals surface area (Å²) in [5.41, 5.74) is 2.44. The van der Waals surface area contributed by atoms with Crippen LogP contribution in [0.4, 0.5) is 0 Å². The SMILES string of the molecule is O=C(Cc1ccccc1)O/C=C/c1ccc(C(=O)NC2CCCCC2)cc1. The predicted octanol–water partition coefficient (Wildman–Crippen LogP) is 4.51. The molecule has 3 rings (SSSR count). The van der Waals surface area contributed by atoms with Crippen LogP contribution in [0.3, 0.4) is 0 Å². The monoisotopic (exact) mass is 363 g/mol. The topological polar surface area (TPSA) is 55.4 Å². The van der Waals surface area contributed by atoms with E-state index in [1.807, 2.05) is 42.5 Å². The lowest BCUT2D eigenvalue weighted by Crippen LogP contribution is -2.36. The summed E-state index contributed by atoms with van der Waals surface area (Å²) in [4.78, 5) is 24.1. The summed E-state index contributed by atoms with van der Waals surface area (Å²) >= 11 is 0. The molecule has 0 spiro atoms. The highest BCUT2D eigenvalue weighted by molar-refractivity contribution is 5.94. The van der Waals surface area contributed by atoms with E-state index in [4.69, 9.17) is 4.74 Å². The number of esters is 1. The van der Waals surface area contributed by atoms with E-state index in [0.717, 1.165) is 24.0 Å². The standard InChI is InChI=1S/C23H25NO3/c25-22(17-19-7-3-1-4-8-19)27-16-15-18-11-13-20(14-12-18)23(26)24-21-9-5-2-6-10-21/h1,3-4,7-8,11-16,21H,2,5-6,9-10,17H2,(H,24,26)/b16-15+. The number of rotatable bonds is 6. The Kier molecular flexibility index (Phi) is 6.80. The summed E-state index contributed by atoms with van der Waals surface area (Å²) < 4.78 is 5.13. The molecule has 140 valence electrons. The van der Waals surface area contributed by atoms with Crippen molar-refractivity contribution >= 4 is 18.0 Å². The Morgan fingerprint density at radius 1 is 0.963 bits per heavy atom. The highest BCUT2D eigenvalue weighted by atomic mass is 16.5. The van der Waals surface area contributed by atoms with Gasteiger partial charge in [0.1, 0.15) is 0 Å². The third kappa shape index (κ3) is 6.10. The minimum atomic E-state index is -0.305. The first-order valence-electron chi connectivity index (χ1n) is 9.51. The Morgan fingerprint density at radius 3 is 2.37 bits per heavy atom. The van der Waals surface area contributed by atoms with Crippen molar-refractivity contribution in [1.29, 1.82) is 0 Å². The van der Waals surface area contributed by atoms with E-state index in [0.29, 0.717) is 11.6 Å².